The van der Waals surface area contributed by atoms with Crippen LogP contribution in [0.4, 0.5) is 5.69 Å². The molecule has 2 N–H and O–H groups in total. The van der Waals surface area contributed by atoms with Crippen molar-refractivity contribution in [3.63, 3.8) is 0 Å². The van der Waals surface area contributed by atoms with Crippen molar-refractivity contribution in [3.05, 3.63) is 101 Å². The zero-order valence-electron chi connectivity index (χ0n) is 18.7. The minimum Gasteiger partial charge on any atom is -0.327 e. The maximum absolute atomic E-state index is 13.5. The monoisotopic (exact) mass is 428 g/mol. The van der Waals surface area contributed by atoms with Crippen LogP contribution in [0.25, 0.3) is 0 Å². The van der Waals surface area contributed by atoms with Crippen molar-refractivity contribution >= 4 is 17.5 Å². The van der Waals surface area contributed by atoms with Crippen LogP contribution in [0, 0.1) is 13.8 Å². The lowest BCUT2D eigenvalue weighted by Gasteiger charge is -2.36. The molecule has 5 nitrogen and oxygen atoms in total. The Morgan fingerprint density at radius 1 is 0.875 bits per heavy atom. The SMILES string of the molecule is Cc1ccc(C)c(NC(=O)[C@@H](c2ccccc2)[NH+]2CCN(C(=O)c3ccccc3)CC2)c1. The van der Waals surface area contributed by atoms with Crippen molar-refractivity contribution < 1.29 is 14.5 Å². The molecule has 5 heteroatoms. The minimum absolute atomic E-state index is 0.0114. The first-order chi connectivity index (χ1) is 15.5. The predicted molar refractivity (Wildman–Crippen MR) is 127 cm³/mol. The summed E-state index contributed by atoms with van der Waals surface area (Å²) < 4.78 is 0. The van der Waals surface area contributed by atoms with Crippen molar-refractivity contribution in [2.75, 3.05) is 31.5 Å². The topological polar surface area (TPSA) is 53.9 Å². The Hall–Kier alpha value is -3.44. The van der Waals surface area contributed by atoms with Gasteiger partial charge in [0.25, 0.3) is 11.8 Å². The van der Waals surface area contributed by atoms with Gasteiger partial charge < -0.3 is 15.1 Å². The zero-order valence-corrected chi connectivity index (χ0v) is 18.7. The Morgan fingerprint density at radius 2 is 1.50 bits per heavy atom. The van der Waals surface area contributed by atoms with Crippen LogP contribution in [0.5, 0.6) is 0 Å². The standard InChI is InChI=1S/C27H29N3O2/c1-20-13-14-21(2)24(19-20)28-26(31)25(22-9-5-3-6-10-22)29-15-17-30(18-16-29)27(32)23-11-7-4-8-12-23/h3-14,19,25H,15-18H2,1-2H3,(H,28,31)/p+1/t25-/m1/s1. The van der Waals surface area contributed by atoms with Gasteiger partial charge in [0.15, 0.2) is 6.04 Å². The van der Waals surface area contributed by atoms with Gasteiger partial charge in [-0.15, -0.1) is 0 Å². The van der Waals surface area contributed by atoms with E-state index in [4.69, 9.17) is 0 Å². The molecule has 0 saturated carbocycles. The van der Waals surface area contributed by atoms with E-state index in [9.17, 15) is 9.59 Å². The molecule has 1 aliphatic heterocycles. The highest BCUT2D eigenvalue weighted by Crippen LogP contribution is 2.19. The number of carbonyl (C=O) groups is 2. The summed E-state index contributed by atoms with van der Waals surface area (Å²) >= 11 is 0. The van der Waals surface area contributed by atoms with E-state index in [1.165, 1.54) is 4.90 Å². The number of aryl methyl sites for hydroxylation is 2. The van der Waals surface area contributed by atoms with Crippen LogP contribution in [-0.4, -0.2) is 42.9 Å². The summed E-state index contributed by atoms with van der Waals surface area (Å²) in [6, 6.07) is 25.1. The van der Waals surface area contributed by atoms with Gasteiger partial charge in [0.2, 0.25) is 0 Å². The van der Waals surface area contributed by atoms with E-state index in [1.807, 2.05) is 97.6 Å². The van der Waals surface area contributed by atoms with Gasteiger partial charge in [-0.2, -0.15) is 0 Å². The molecule has 0 radical (unpaired) electrons. The molecule has 1 atom stereocenters. The molecule has 4 rings (SSSR count). The Bertz CT molecular complexity index is 1070. The second-order valence-electron chi connectivity index (χ2n) is 8.47. The molecule has 1 saturated heterocycles. The fourth-order valence-corrected chi connectivity index (χ4v) is 4.34. The molecular formula is C27H30N3O2+. The first-order valence-corrected chi connectivity index (χ1v) is 11.1. The number of anilines is 1. The van der Waals surface area contributed by atoms with Gasteiger partial charge >= 0.3 is 0 Å². The van der Waals surface area contributed by atoms with Crippen molar-refractivity contribution in [2.45, 2.75) is 19.9 Å². The number of rotatable bonds is 5. The number of amides is 2. The first-order valence-electron chi connectivity index (χ1n) is 11.1. The fourth-order valence-electron chi connectivity index (χ4n) is 4.34. The van der Waals surface area contributed by atoms with Crippen LogP contribution in [0.1, 0.15) is 33.1 Å². The molecule has 1 aliphatic rings. The highest BCUT2D eigenvalue weighted by molar-refractivity contribution is 5.95. The second-order valence-corrected chi connectivity index (χ2v) is 8.47. The zero-order chi connectivity index (χ0) is 22.5. The fraction of sp³-hybridized carbons (Fsp3) is 0.259. The molecule has 2 amide bonds. The molecule has 0 aromatic heterocycles. The minimum atomic E-state index is -0.329. The van der Waals surface area contributed by atoms with E-state index < -0.39 is 0 Å². The lowest BCUT2D eigenvalue weighted by molar-refractivity contribution is -0.925. The van der Waals surface area contributed by atoms with E-state index in [-0.39, 0.29) is 17.9 Å². The molecule has 32 heavy (non-hydrogen) atoms. The summed E-state index contributed by atoms with van der Waals surface area (Å²) in [7, 11) is 0. The lowest BCUT2D eigenvalue weighted by atomic mass is 10.0. The highest BCUT2D eigenvalue weighted by atomic mass is 16.2. The van der Waals surface area contributed by atoms with Crippen LogP contribution in [-0.2, 0) is 4.79 Å². The third kappa shape index (κ3) is 4.89. The van der Waals surface area contributed by atoms with E-state index >= 15 is 0 Å². The molecule has 1 heterocycles. The summed E-state index contributed by atoms with van der Waals surface area (Å²) in [5, 5.41) is 3.17. The number of piperazine rings is 1. The highest BCUT2D eigenvalue weighted by Gasteiger charge is 2.35. The summed E-state index contributed by atoms with van der Waals surface area (Å²) in [6.45, 7) is 6.73. The summed E-state index contributed by atoms with van der Waals surface area (Å²) in [5.41, 5.74) is 4.72. The van der Waals surface area contributed by atoms with Gasteiger partial charge in [-0.3, -0.25) is 9.59 Å². The van der Waals surface area contributed by atoms with Gasteiger partial charge in [-0.05, 0) is 43.2 Å². The van der Waals surface area contributed by atoms with E-state index in [2.05, 4.69) is 5.32 Å². The maximum Gasteiger partial charge on any atom is 0.287 e. The summed E-state index contributed by atoms with van der Waals surface area (Å²) in [5.74, 6) is 0.0449. The van der Waals surface area contributed by atoms with Crippen molar-refractivity contribution in [1.29, 1.82) is 0 Å². The average Bonchev–Trinajstić information content (AvgIpc) is 2.83. The Balaban J connectivity index is 1.51. The van der Waals surface area contributed by atoms with Crippen LogP contribution in [0.3, 0.4) is 0 Å². The molecule has 0 bridgehead atoms. The molecule has 3 aromatic carbocycles. The molecule has 0 spiro atoms. The number of nitrogens with one attached hydrogen (secondary N) is 2. The third-order valence-electron chi connectivity index (χ3n) is 6.17. The van der Waals surface area contributed by atoms with Crippen LogP contribution >= 0.6 is 0 Å². The van der Waals surface area contributed by atoms with E-state index in [0.29, 0.717) is 18.7 Å². The molecule has 0 aliphatic carbocycles. The second kappa shape index (κ2) is 9.79. The van der Waals surface area contributed by atoms with E-state index in [1.54, 1.807) is 0 Å². The van der Waals surface area contributed by atoms with Crippen LogP contribution in [0.15, 0.2) is 78.9 Å². The van der Waals surface area contributed by atoms with Gasteiger partial charge in [0.05, 0.1) is 26.2 Å². The largest absolute Gasteiger partial charge is 0.327 e. The van der Waals surface area contributed by atoms with Gasteiger partial charge in [-0.25, -0.2) is 0 Å². The quantitative estimate of drug-likeness (QED) is 0.656. The number of benzene rings is 3. The average molecular weight is 429 g/mol. The Morgan fingerprint density at radius 3 is 2.16 bits per heavy atom. The number of quaternary nitrogens is 1. The van der Waals surface area contributed by atoms with Gasteiger partial charge in [0.1, 0.15) is 0 Å². The maximum atomic E-state index is 13.5. The molecule has 3 aromatic rings. The normalized spacial score (nSPS) is 15.2. The molecular weight excluding hydrogens is 398 g/mol. The molecule has 0 unspecified atom stereocenters. The molecule has 164 valence electrons. The number of hydrogen-bond acceptors (Lipinski definition) is 2. The number of nitrogens with zero attached hydrogens (tertiary/aromatic N) is 1. The number of carbonyl (C=O) groups excluding carboxylic acids is 2. The first kappa shape index (κ1) is 21.8. The number of hydrogen-bond donors (Lipinski definition) is 2. The third-order valence-corrected chi connectivity index (χ3v) is 6.17. The van der Waals surface area contributed by atoms with Gasteiger partial charge in [0, 0.05) is 16.8 Å². The molecule has 1 fully saturated rings. The predicted octanol–water partition coefficient (Wildman–Crippen LogP) is 3.02. The Labute approximate surface area is 189 Å². The summed E-state index contributed by atoms with van der Waals surface area (Å²) in [4.78, 5) is 29.4. The lowest BCUT2D eigenvalue weighted by Crippen LogP contribution is -3.16. The van der Waals surface area contributed by atoms with Crippen LogP contribution < -0.4 is 10.2 Å². The van der Waals surface area contributed by atoms with Gasteiger partial charge in [-0.1, -0.05) is 60.7 Å². The summed E-state index contributed by atoms with van der Waals surface area (Å²) in [6.07, 6.45) is 0. The smallest absolute Gasteiger partial charge is 0.287 e. The van der Waals surface area contributed by atoms with Crippen LogP contribution in [0.2, 0.25) is 0 Å². The van der Waals surface area contributed by atoms with Crippen molar-refractivity contribution in [1.82, 2.24) is 4.90 Å². The van der Waals surface area contributed by atoms with Crippen molar-refractivity contribution in [2.24, 2.45) is 0 Å². The van der Waals surface area contributed by atoms with Crippen molar-refractivity contribution in [3.8, 4) is 0 Å². The Kier molecular flexibility index (Phi) is 6.66. The van der Waals surface area contributed by atoms with E-state index in [0.717, 1.165) is 35.5 Å².